The van der Waals surface area contributed by atoms with Crippen molar-refractivity contribution in [3.05, 3.63) is 23.6 Å². The Bertz CT molecular complexity index is 582. The summed E-state index contributed by atoms with van der Waals surface area (Å²) in [4.78, 5) is 4.15. The molecular formula is C13H19ClN5Si. The first-order valence-corrected chi connectivity index (χ1v) is 9.66. The Labute approximate surface area is 126 Å². The monoisotopic (exact) mass is 308 g/mol. The van der Waals surface area contributed by atoms with Crippen molar-refractivity contribution in [1.29, 1.82) is 0 Å². The molecule has 0 aliphatic rings. The molecule has 1 N–H and O–H groups in total. The van der Waals surface area contributed by atoms with E-state index in [1.54, 1.807) is 6.20 Å². The molecule has 0 atom stereocenters. The molecule has 107 valence electrons. The van der Waals surface area contributed by atoms with Crippen molar-refractivity contribution in [1.82, 2.24) is 20.0 Å². The fraction of sp³-hybridized carbons (Fsp3) is 0.462. The summed E-state index contributed by atoms with van der Waals surface area (Å²) in [6.07, 6.45) is 4.66. The highest BCUT2D eigenvalue weighted by Crippen LogP contribution is 2.28. The van der Waals surface area contributed by atoms with Gasteiger partial charge >= 0.3 is 0 Å². The highest BCUT2D eigenvalue weighted by atomic mass is 35.5. The Balaban J connectivity index is 2.33. The van der Waals surface area contributed by atoms with E-state index in [0.717, 1.165) is 23.1 Å². The lowest BCUT2D eigenvalue weighted by molar-refractivity contribution is 0.687. The van der Waals surface area contributed by atoms with Gasteiger partial charge in [0.2, 0.25) is 0 Å². The number of nitrogens with one attached hydrogen (secondary N) is 1. The average molecular weight is 309 g/mol. The second kappa shape index (κ2) is 6.36. The zero-order valence-electron chi connectivity index (χ0n) is 12.2. The maximum absolute atomic E-state index is 5.97. The summed E-state index contributed by atoms with van der Waals surface area (Å²) in [6, 6.07) is 2.13. The number of pyridine rings is 1. The van der Waals surface area contributed by atoms with E-state index in [4.69, 9.17) is 11.6 Å². The van der Waals surface area contributed by atoms with Crippen LogP contribution >= 0.6 is 11.6 Å². The molecule has 0 saturated heterocycles. The molecule has 0 spiro atoms. The number of aromatic nitrogens is 4. The van der Waals surface area contributed by atoms with Crippen LogP contribution in [-0.4, -0.2) is 34.8 Å². The van der Waals surface area contributed by atoms with Gasteiger partial charge in [0.1, 0.15) is 10.8 Å². The van der Waals surface area contributed by atoms with E-state index in [1.807, 2.05) is 16.9 Å². The van der Waals surface area contributed by atoms with Crippen molar-refractivity contribution in [2.24, 2.45) is 0 Å². The van der Waals surface area contributed by atoms with Crippen LogP contribution in [0, 0.1) is 0 Å². The van der Waals surface area contributed by atoms with Gasteiger partial charge in [0.15, 0.2) is 0 Å². The normalized spacial score (nSPS) is 11.3. The second-order valence-electron chi connectivity index (χ2n) is 5.36. The van der Waals surface area contributed by atoms with Gasteiger partial charge in [-0.2, -0.15) is 0 Å². The predicted octanol–water partition coefficient (Wildman–Crippen LogP) is 3.11. The van der Waals surface area contributed by atoms with E-state index in [0.29, 0.717) is 11.2 Å². The molecular weight excluding hydrogens is 290 g/mol. The molecule has 2 aromatic rings. The number of hydrogen-bond donors (Lipinski definition) is 1. The summed E-state index contributed by atoms with van der Waals surface area (Å²) in [5.41, 5.74) is 2.68. The first-order valence-electron chi connectivity index (χ1n) is 6.57. The smallest absolute Gasteiger partial charge is 0.131 e. The average Bonchev–Trinajstić information content (AvgIpc) is 2.75. The van der Waals surface area contributed by atoms with Crippen LogP contribution in [0.15, 0.2) is 18.5 Å². The molecule has 1 radical (unpaired) electrons. The minimum atomic E-state index is -0.382. The quantitative estimate of drug-likeness (QED) is 0.681. The fourth-order valence-corrected chi connectivity index (χ4v) is 2.85. The topological polar surface area (TPSA) is 55.6 Å². The zero-order valence-corrected chi connectivity index (χ0v) is 13.9. The Morgan fingerprint density at radius 2 is 2.15 bits per heavy atom. The Kier molecular flexibility index (Phi) is 4.77. The van der Waals surface area contributed by atoms with Crippen LogP contribution in [0.3, 0.4) is 0 Å². The lowest BCUT2D eigenvalue weighted by Gasteiger charge is -2.13. The summed E-state index contributed by atoms with van der Waals surface area (Å²) in [6.45, 7) is 8.67. The Morgan fingerprint density at radius 1 is 1.40 bits per heavy atom. The summed E-state index contributed by atoms with van der Waals surface area (Å²) in [5.74, 6) is 0. The van der Waals surface area contributed by atoms with Crippen molar-refractivity contribution >= 4 is 26.1 Å². The molecule has 0 amide bonds. The van der Waals surface area contributed by atoms with E-state index in [1.165, 1.54) is 0 Å². The van der Waals surface area contributed by atoms with E-state index in [2.05, 4.69) is 47.6 Å². The van der Waals surface area contributed by atoms with Gasteiger partial charge in [-0.1, -0.05) is 29.9 Å². The van der Waals surface area contributed by atoms with Crippen molar-refractivity contribution < 1.29 is 0 Å². The molecule has 20 heavy (non-hydrogen) atoms. The van der Waals surface area contributed by atoms with E-state index < -0.39 is 0 Å². The molecule has 0 aromatic carbocycles. The maximum atomic E-state index is 5.97. The van der Waals surface area contributed by atoms with Gasteiger partial charge in [0.25, 0.3) is 0 Å². The summed E-state index contributed by atoms with van der Waals surface area (Å²) in [7, 11) is -0.382. The summed E-state index contributed by atoms with van der Waals surface area (Å²) < 4.78 is 1.90. The Morgan fingerprint density at radius 3 is 2.80 bits per heavy atom. The number of rotatable bonds is 5. The highest BCUT2D eigenvalue weighted by molar-refractivity contribution is 6.54. The van der Waals surface area contributed by atoms with Crippen molar-refractivity contribution in [3.63, 3.8) is 0 Å². The van der Waals surface area contributed by atoms with Gasteiger partial charge in [-0.25, -0.2) is 4.98 Å². The van der Waals surface area contributed by atoms with Crippen molar-refractivity contribution in [3.8, 4) is 11.3 Å². The molecule has 0 aliphatic carbocycles. The number of hydrogen-bond acceptors (Lipinski definition) is 4. The summed E-state index contributed by atoms with van der Waals surface area (Å²) >= 11 is 5.97. The van der Waals surface area contributed by atoms with Gasteiger partial charge in [-0.15, -0.1) is 5.10 Å². The molecule has 0 fully saturated rings. The van der Waals surface area contributed by atoms with Gasteiger partial charge in [0, 0.05) is 29.7 Å². The van der Waals surface area contributed by atoms with Crippen LogP contribution in [0.25, 0.3) is 11.3 Å². The first kappa shape index (κ1) is 15.0. The standard InChI is InChI=1S/C13H19ClN5Si/c1-9(2)16-11-5-13(14)15-6-10(11)12-7-19(18-17-12)8-20(3)4/h5-7,9H,8H2,1-4H3,(H,15,16). The van der Waals surface area contributed by atoms with E-state index in [-0.39, 0.29) is 8.80 Å². The van der Waals surface area contributed by atoms with Crippen LogP contribution < -0.4 is 5.32 Å². The molecule has 0 saturated carbocycles. The van der Waals surface area contributed by atoms with Gasteiger partial charge < -0.3 is 5.32 Å². The van der Waals surface area contributed by atoms with E-state index >= 15 is 0 Å². The lowest BCUT2D eigenvalue weighted by atomic mass is 10.1. The minimum Gasteiger partial charge on any atom is -0.382 e. The SMILES string of the molecule is CC(C)Nc1cc(Cl)ncc1-c1cn(C[Si](C)C)nn1. The number of anilines is 1. The molecule has 7 heteroatoms. The zero-order chi connectivity index (χ0) is 14.7. The van der Waals surface area contributed by atoms with Crippen LogP contribution in [-0.2, 0) is 6.17 Å². The van der Waals surface area contributed by atoms with E-state index in [9.17, 15) is 0 Å². The highest BCUT2D eigenvalue weighted by Gasteiger charge is 2.12. The van der Waals surface area contributed by atoms with Crippen molar-refractivity contribution in [2.75, 3.05) is 5.32 Å². The fourth-order valence-electron chi connectivity index (χ4n) is 1.89. The van der Waals surface area contributed by atoms with Crippen molar-refractivity contribution in [2.45, 2.75) is 39.2 Å². The van der Waals surface area contributed by atoms with Crippen LogP contribution in [0.1, 0.15) is 13.8 Å². The maximum Gasteiger partial charge on any atom is 0.131 e. The molecule has 5 nitrogen and oxygen atoms in total. The van der Waals surface area contributed by atoms with Crippen LogP contribution in [0.5, 0.6) is 0 Å². The number of nitrogens with zero attached hydrogens (tertiary/aromatic N) is 4. The Hall–Kier alpha value is -1.40. The number of halogens is 1. The predicted molar refractivity (Wildman–Crippen MR) is 84.5 cm³/mol. The van der Waals surface area contributed by atoms with Crippen LogP contribution in [0.4, 0.5) is 5.69 Å². The molecule has 2 heterocycles. The largest absolute Gasteiger partial charge is 0.382 e. The third kappa shape index (κ3) is 3.80. The van der Waals surface area contributed by atoms with Gasteiger partial charge in [-0.05, 0) is 19.9 Å². The molecule has 0 aliphatic heterocycles. The van der Waals surface area contributed by atoms with Gasteiger partial charge in [0.05, 0.1) is 15.0 Å². The molecule has 0 bridgehead atoms. The van der Waals surface area contributed by atoms with Crippen LogP contribution in [0.2, 0.25) is 18.2 Å². The summed E-state index contributed by atoms with van der Waals surface area (Å²) in [5, 5.41) is 12.3. The third-order valence-corrected chi connectivity index (χ3v) is 3.77. The molecule has 0 unspecified atom stereocenters. The molecule has 2 aromatic heterocycles. The second-order valence-corrected chi connectivity index (χ2v) is 8.48. The molecule has 2 rings (SSSR count). The first-order chi connectivity index (χ1) is 9.45. The van der Waals surface area contributed by atoms with Gasteiger partial charge in [-0.3, -0.25) is 4.68 Å². The minimum absolute atomic E-state index is 0.309. The lowest BCUT2D eigenvalue weighted by Crippen LogP contribution is -2.13. The third-order valence-electron chi connectivity index (χ3n) is 2.61.